The van der Waals surface area contributed by atoms with Gasteiger partial charge in [-0.15, -0.1) is 0 Å². The molecule has 1 heterocycles. The molecule has 0 bridgehead atoms. The average molecular weight is 818 g/mol. The van der Waals surface area contributed by atoms with E-state index in [4.69, 9.17) is 23.3 Å². The number of likely N-dealkylation sites (N-methyl/N-ethyl adjacent to an activating group) is 1. The first kappa shape index (κ1) is 52.1. The van der Waals surface area contributed by atoms with E-state index in [0.717, 1.165) is 57.8 Å². The Bertz CT molecular complexity index is 1170. The van der Waals surface area contributed by atoms with E-state index in [1.165, 1.54) is 12.8 Å². The number of nitrogens with zero attached hydrogens (tertiary/aromatic N) is 1. The normalized spacial score (nSPS) is 21.4. The van der Waals surface area contributed by atoms with E-state index >= 15 is 0 Å². The zero-order valence-electron chi connectivity index (χ0n) is 35.1. The number of quaternary nitrogens is 1. The number of esters is 2. The minimum absolute atomic E-state index is 0.0770. The lowest BCUT2D eigenvalue weighted by molar-refractivity contribution is -0.870. The number of rotatable bonds is 33. The monoisotopic (exact) mass is 818 g/mol. The second-order valence-electron chi connectivity index (χ2n) is 15.9. The summed E-state index contributed by atoms with van der Waals surface area (Å²) in [6.45, 7) is 3.73. The van der Waals surface area contributed by atoms with Crippen LogP contribution in [0.2, 0.25) is 0 Å². The highest BCUT2D eigenvalue weighted by Crippen LogP contribution is 2.38. The van der Waals surface area contributed by atoms with Crippen LogP contribution in [0.5, 0.6) is 0 Å². The van der Waals surface area contributed by atoms with Gasteiger partial charge < -0.3 is 48.0 Å². The van der Waals surface area contributed by atoms with Crippen molar-refractivity contribution >= 4 is 19.8 Å². The van der Waals surface area contributed by atoms with Crippen molar-refractivity contribution in [2.24, 2.45) is 5.92 Å². The Morgan fingerprint density at radius 3 is 2.20 bits per heavy atom. The number of carbonyl (C=O) groups excluding carboxylic acids is 2. The topological polar surface area (TPSA) is 181 Å². The Hall–Kier alpha value is -1.93. The lowest BCUT2D eigenvalue weighted by atomic mass is 9.87. The van der Waals surface area contributed by atoms with Crippen molar-refractivity contribution in [1.29, 1.82) is 0 Å². The second-order valence-corrected chi connectivity index (χ2v) is 17.3. The molecule has 3 N–H and O–H groups in total. The quantitative estimate of drug-likeness (QED) is 0.0207. The Labute approximate surface area is 337 Å². The van der Waals surface area contributed by atoms with E-state index in [9.17, 15) is 34.4 Å². The second kappa shape index (κ2) is 31.1. The minimum Gasteiger partial charge on any atom is -0.756 e. The third-order valence-corrected chi connectivity index (χ3v) is 10.4. The first-order chi connectivity index (χ1) is 26.7. The summed E-state index contributed by atoms with van der Waals surface area (Å²) < 4.78 is 39.4. The zero-order valence-corrected chi connectivity index (χ0v) is 36.0. The summed E-state index contributed by atoms with van der Waals surface area (Å²) in [4.78, 5) is 37.6. The van der Waals surface area contributed by atoms with Gasteiger partial charge in [0.15, 0.2) is 12.4 Å². The summed E-state index contributed by atoms with van der Waals surface area (Å²) in [6.07, 6.45) is 22.3. The fraction of sp³-hybridized carbons (Fsp3) is 0.810. The summed E-state index contributed by atoms with van der Waals surface area (Å²) >= 11 is 0. The molecule has 13 nitrogen and oxygen atoms in total. The minimum atomic E-state index is -4.69. The maximum absolute atomic E-state index is 12.7. The van der Waals surface area contributed by atoms with E-state index in [2.05, 4.69) is 26.0 Å². The fourth-order valence-corrected chi connectivity index (χ4v) is 6.70. The maximum Gasteiger partial charge on any atom is 0.306 e. The first-order valence-electron chi connectivity index (χ1n) is 21.1. The molecule has 0 aliphatic carbocycles. The van der Waals surface area contributed by atoms with Gasteiger partial charge in [0, 0.05) is 25.2 Å². The van der Waals surface area contributed by atoms with Gasteiger partial charge in [-0.25, -0.2) is 0 Å². The Morgan fingerprint density at radius 2 is 1.48 bits per heavy atom. The highest BCUT2D eigenvalue weighted by atomic mass is 31.2. The Kier molecular flexibility index (Phi) is 28.9. The summed E-state index contributed by atoms with van der Waals surface area (Å²) in [5, 5.41) is 30.9. The molecule has 0 aromatic heterocycles. The zero-order chi connectivity index (χ0) is 41.7. The molecule has 14 heteroatoms. The number of unbranched alkanes of at least 4 members (excludes halogenated alkanes) is 10. The molecular formula is C42H76NO12P. The molecule has 1 fully saturated rings. The molecule has 56 heavy (non-hydrogen) atoms. The number of ether oxygens (including phenoxy) is 3. The summed E-state index contributed by atoms with van der Waals surface area (Å²) in [5.41, 5.74) is 0. The van der Waals surface area contributed by atoms with Gasteiger partial charge in [-0.1, -0.05) is 102 Å². The number of phosphoric acid groups is 1. The van der Waals surface area contributed by atoms with E-state index in [1.54, 1.807) is 12.2 Å². The molecule has 0 spiro atoms. The van der Waals surface area contributed by atoms with Gasteiger partial charge in [-0.2, -0.15) is 0 Å². The van der Waals surface area contributed by atoms with Crippen LogP contribution in [0.4, 0.5) is 0 Å². The molecule has 0 saturated carbocycles. The lowest BCUT2D eigenvalue weighted by Crippen LogP contribution is -2.43. The highest BCUT2D eigenvalue weighted by Gasteiger charge is 2.35. The standard InChI is InChI=1S/C42H76NO12P/c1-6-8-10-11-12-13-14-15-16-17-23-27-41(47)54-36(34-53-56(49,50)52-31-30-43(3,4)5)33-51-40(46)26-22-19-18-21-25-37-38(45)32-42(48)55-39(37)29-28-35(44)24-20-9-7-2/h11-12,18,21,28-29,35-39,42,44-45,48H,6-10,13-17,19-20,22-27,30-34H2,1-5H3/b12-11-,21-18-,29-28+/t35-,36+,37-,38-,39+,42?/m0/s1. The molecule has 0 aromatic rings. The molecule has 1 aliphatic heterocycles. The van der Waals surface area contributed by atoms with Crippen LogP contribution in [-0.2, 0) is 37.4 Å². The van der Waals surface area contributed by atoms with Gasteiger partial charge in [0.2, 0.25) is 0 Å². The van der Waals surface area contributed by atoms with Crippen LogP contribution in [0, 0.1) is 5.92 Å². The van der Waals surface area contributed by atoms with Crippen molar-refractivity contribution in [2.45, 2.75) is 167 Å². The molecule has 1 rings (SSSR count). The third-order valence-electron chi connectivity index (χ3n) is 9.43. The highest BCUT2D eigenvalue weighted by molar-refractivity contribution is 7.45. The third kappa shape index (κ3) is 28.5. The number of hydrogen-bond donors (Lipinski definition) is 3. The van der Waals surface area contributed by atoms with Gasteiger partial charge in [0.25, 0.3) is 7.82 Å². The predicted octanol–water partition coefficient (Wildman–Crippen LogP) is 6.82. The molecule has 0 amide bonds. The van der Waals surface area contributed by atoms with Crippen LogP contribution in [0.1, 0.15) is 136 Å². The molecular weight excluding hydrogens is 741 g/mol. The SMILES string of the molecule is CCCC/C=C\CCCCCCCC(=O)O[C@H](COC(=O)CCC/C=C\C[C@H]1[C@@H](O)CC(O)O[C@@H]1/C=C/[C@@H](O)CCCCC)COP(=O)([O-])OCC[N+](C)(C)C. The number of aliphatic hydroxyl groups is 3. The summed E-state index contributed by atoms with van der Waals surface area (Å²) in [7, 11) is 1.01. The number of carbonyl (C=O) groups is 2. The van der Waals surface area contributed by atoms with Crippen molar-refractivity contribution in [1.82, 2.24) is 0 Å². The lowest BCUT2D eigenvalue weighted by Gasteiger charge is -2.36. The van der Waals surface area contributed by atoms with Crippen LogP contribution in [-0.4, -0.2) is 110 Å². The van der Waals surface area contributed by atoms with Crippen LogP contribution in [0.15, 0.2) is 36.5 Å². The predicted molar refractivity (Wildman–Crippen MR) is 216 cm³/mol. The Balaban J connectivity index is 2.57. The smallest absolute Gasteiger partial charge is 0.306 e. The van der Waals surface area contributed by atoms with E-state index < -0.39 is 57.1 Å². The van der Waals surface area contributed by atoms with Crippen LogP contribution >= 0.6 is 7.82 Å². The van der Waals surface area contributed by atoms with Gasteiger partial charge in [-0.3, -0.25) is 14.2 Å². The van der Waals surface area contributed by atoms with Crippen LogP contribution in [0.3, 0.4) is 0 Å². The number of aliphatic hydroxyl groups excluding tert-OH is 3. The molecule has 2 unspecified atom stereocenters. The molecule has 326 valence electrons. The molecule has 0 radical (unpaired) electrons. The average Bonchev–Trinajstić information content (AvgIpc) is 3.12. The van der Waals surface area contributed by atoms with Crippen molar-refractivity contribution in [3.05, 3.63) is 36.5 Å². The van der Waals surface area contributed by atoms with Gasteiger partial charge in [0.05, 0.1) is 46.1 Å². The number of phosphoric ester groups is 1. The van der Waals surface area contributed by atoms with Crippen LogP contribution < -0.4 is 4.89 Å². The van der Waals surface area contributed by atoms with Crippen molar-refractivity contribution in [2.75, 3.05) is 47.5 Å². The largest absolute Gasteiger partial charge is 0.756 e. The van der Waals surface area contributed by atoms with Gasteiger partial charge in [-0.05, 0) is 51.4 Å². The summed E-state index contributed by atoms with van der Waals surface area (Å²) in [5.74, 6) is -1.35. The first-order valence-corrected chi connectivity index (χ1v) is 22.6. The molecule has 1 saturated heterocycles. The van der Waals surface area contributed by atoms with E-state index in [1.807, 2.05) is 33.3 Å². The Morgan fingerprint density at radius 1 is 0.839 bits per heavy atom. The van der Waals surface area contributed by atoms with Crippen molar-refractivity contribution < 1.29 is 62.1 Å². The van der Waals surface area contributed by atoms with Crippen LogP contribution in [0.25, 0.3) is 0 Å². The van der Waals surface area contributed by atoms with Crippen molar-refractivity contribution in [3.8, 4) is 0 Å². The van der Waals surface area contributed by atoms with Gasteiger partial charge in [0.1, 0.15) is 19.8 Å². The molecule has 7 atom stereocenters. The molecule has 1 aliphatic rings. The number of hydrogen-bond acceptors (Lipinski definition) is 12. The summed E-state index contributed by atoms with van der Waals surface area (Å²) in [6, 6.07) is 0. The number of allylic oxidation sites excluding steroid dienone is 4. The maximum atomic E-state index is 12.7. The fourth-order valence-electron chi connectivity index (χ4n) is 5.97. The van der Waals surface area contributed by atoms with E-state index in [-0.39, 0.29) is 38.4 Å². The van der Waals surface area contributed by atoms with Gasteiger partial charge >= 0.3 is 11.9 Å². The van der Waals surface area contributed by atoms with Crippen molar-refractivity contribution in [3.63, 3.8) is 0 Å². The molecule has 0 aromatic carbocycles. The van der Waals surface area contributed by atoms with E-state index in [0.29, 0.717) is 43.1 Å².